The summed E-state index contributed by atoms with van der Waals surface area (Å²) < 4.78 is 12.6. The number of hydrogen-bond donors (Lipinski definition) is 0. The van der Waals surface area contributed by atoms with Crippen molar-refractivity contribution in [2.75, 3.05) is 0 Å². The maximum absolute atomic E-state index is 12.6. The van der Waals surface area contributed by atoms with E-state index >= 15 is 0 Å². The molecule has 24 heavy (non-hydrogen) atoms. The first-order chi connectivity index (χ1) is 11.7. The molecule has 0 aliphatic rings. The van der Waals surface area contributed by atoms with Gasteiger partial charge in [-0.15, -0.1) is 0 Å². The van der Waals surface area contributed by atoms with Crippen LogP contribution in [0.5, 0.6) is 0 Å². The Balaban J connectivity index is 2.10. The van der Waals surface area contributed by atoms with Gasteiger partial charge in [-0.05, 0) is 49.6 Å². The minimum absolute atomic E-state index is 0.264. The normalized spacial score (nSPS) is 11.9. The third-order valence-electron chi connectivity index (χ3n) is 4.06. The molecule has 0 amide bonds. The molecule has 1 nitrogen and oxygen atoms in total. The van der Waals surface area contributed by atoms with E-state index in [4.69, 9.17) is 4.98 Å². The Kier molecular flexibility index (Phi) is 5.31. The first-order valence-electron chi connectivity index (χ1n) is 8.14. The summed E-state index contributed by atoms with van der Waals surface area (Å²) in [5.74, 6) is 0. The smallest absolute Gasteiger partial charge is 0.0812 e. The minimum Gasteiger partial charge on any atom is -0.248 e. The van der Waals surface area contributed by atoms with Crippen LogP contribution in [0.2, 0.25) is 0 Å². The minimum atomic E-state index is 0.264. The van der Waals surface area contributed by atoms with Gasteiger partial charge in [0.1, 0.15) is 0 Å². The lowest BCUT2D eigenvalue weighted by atomic mass is 9.98. The fourth-order valence-electron chi connectivity index (χ4n) is 2.94. The highest BCUT2D eigenvalue weighted by atomic mass is 32.2. The van der Waals surface area contributed by atoms with E-state index in [2.05, 4.69) is 38.1 Å². The molecule has 3 rings (SSSR count). The molecule has 0 fully saturated rings. The van der Waals surface area contributed by atoms with E-state index in [1.165, 1.54) is 16.5 Å². The van der Waals surface area contributed by atoms with E-state index in [-0.39, 0.29) is 12.1 Å². The molecule has 0 spiro atoms. The van der Waals surface area contributed by atoms with Crippen LogP contribution in [0.25, 0.3) is 22.2 Å². The summed E-state index contributed by atoms with van der Waals surface area (Å²) in [7, 11) is 0. The lowest BCUT2D eigenvalue weighted by Crippen LogP contribution is -1.94. The molecule has 0 saturated heterocycles. The van der Waals surface area contributed by atoms with E-state index in [0.717, 1.165) is 29.6 Å². The van der Waals surface area contributed by atoms with E-state index in [0.29, 0.717) is 4.90 Å². The molecular weight excluding hydrogens is 317 g/mol. The van der Waals surface area contributed by atoms with E-state index in [1.807, 2.05) is 24.3 Å². The number of hydrogen-bond acceptors (Lipinski definition) is 2. The van der Waals surface area contributed by atoms with Crippen LogP contribution in [0, 0.1) is 0 Å². The largest absolute Gasteiger partial charge is 0.248 e. The molecule has 3 aromatic rings. The molecule has 1 heterocycles. The highest BCUT2D eigenvalue weighted by molar-refractivity contribution is 7.94. The van der Waals surface area contributed by atoms with Gasteiger partial charge in [0.05, 0.1) is 23.4 Å². The molecule has 0 radical (unpaired) electrons. The summed E-state index contributed by atoms with van der Waals surface area (Å²) >= 11 is 0.264. The molecule has 0 bridgehead atoms. The maximum atomic E-state index is 12.6. The topological polar surface area (TPSA) is 12.9 Å². The molecule has 1 aromatic heterocycles. The summed E-state index contributed by atoms with van der Waals surface area (Å²) in [4.78, 5) is 5.41. The SMILES string of the molecule is CCC=C(C)Cc1cc(-c2ccc(SF)cc2)nc2ccccc12. The summed E-state index contributed by atoms with van der Waals surface area (Å²) in [5.41, 5.74) is 5.59. The zero-order chi connectivity index (χ0) is 16.9. The van der Waals surface area contributed by atoms with Gasteiger partial charge in [-0.2, -0.15) is 3.89 Å². The third kappa shape index (κ3) is 3.68. The molecule has 0 aliphatic heterocycles. The Labute approximate surface area is 146 Å². The number of aromatic nitrogens is 1. The Hall–Kier alpha value is -2.13. The van der Waals surface area contributed by atoms with Gasteiger partial charge in [0.15, 0.2) is 0 Å². The van der Waals surface area contributed by atoms with Crippen molar-refractivity contribution in [1.82, 2.24) is 4.98 Å². The van der Waals surface area contributed by atoms with Gasteiger partial charge in [0.2, 0.25) is 0 Å². The predicted molar refractivity (Wildman–Crippen MR) is 102 cm³/mol. The predicted octanol–water partition coefficient (Wildman–Crippen LogP) is 6.78. The van der Waals surface area contributed by atoms with E-state index < -0.39 is 0 Å². The second kappa shape index (κ2) is 7.63. The van der Waals surface area contributed by atoms with Gasteiger partial charge < -0.3 is 0 Å². The van der Waals surface area contributed by atoms with Gasteiger partial charge in [0, 0.05) is 15.8 Å². The maximum Gasteiger partial charge on any atom is 0.0812 e. The van der Waals surface area contributed by atoms with Gasteiger partial charge in [-0.3, -0.25) is 0 Å². The van der Waals surface area contributed by atoms with Gasteiger partial charge >= 0.3 is 0 Å². The Morgan fingerprint density at radius 2 is 1.88 bits per heavy atom. The van der Waals surface area contributed by atoms with Crippen LogP contribution in [-0.2, 0) is 6.42 Å². The average molecular weight is 337 g/mol. The van der Waals surface area contributed by atoms with Crippen molar-refractivity contribution in [3.63, 3.8) is 0 Å². The van der Waals surface area contributed by atoms with Crippen LogP contribution in [0.15, 0.2) is 71.1 Å². The monoisotopic (exact) mass is 337 g/mol. The third-order valence-corrected chi connectivity index (χ3v) is 4.51. The second-order valence-corrected chi connectivity index (χ2v) is 6.55. The quantitative estimate of drug-likeness (QED) is 0.476. The molecule has 0 saturated carbocycles. The number of fused-ring (bicyclic) bond motifs is 1. The fourth-order valence-corrected chi connectivity index (χ4v) is 3.18. The highest BCUT2D eigenvalue weighted by Crippen LogP contribution is 2.28. The summed E-state index contributed by atoms with van der Waals surface area (Å²) in [5, 5.41) is 1.20. The van der Waals surface area contributed by atoms with E-state index in [1.54, 1.807) is 12.1 Å². The van der Waals surface area contributed by atoms with Crippen molar-refractivity contribution in [3.05, 3.63) is 71.8 Å². The van der Waals surface area contributed by atoms with Crippen molar-refractivity contribution in [2.24, 2.45) is 0 Å². The zero-order valence-electron chi connectivity index (χ0n) is 13.9. The second-order valence-electron chi connectivity index (χ2n) is 5.92. The first kappa shape index (κ1) is 16.7. The molecule has 3 heteroatoms. The van der Waals surface area contributed by atoms with Crippen LogP contribution in [0.4, 0.5) is 3.89 Å². The molecule has 0 atom stereocenters. The summed E-state index contributed by atoms with van der Waals surface area (Å²) in [6.45, 7) is 4.33. The number of para-hydroxylation sites is 1. The first-order valence-corrected chi connectivity index (χ1v) is 8.86. The highest BCUT2D eigenvalue weighted by Gasteiger charge is 2.08. The number of nitrogens with zero attached hydrogens (tertiary/aromatic N) is 1. The fraction of sp³-hybridized carbons (Fsp3) is 0.190. The van der Waals surface area contributed by atoms with Gasteiger partial charge in [-0.25, -0.2) is 4.98 Å². The van der Waals surface area contributed by atoms with Gasteiger partial charge in [0.25, 0.3) is 0 Å². The Morgan fingerprint density at radius 1 is 1.12 bits per heavy atom. The number of halogens is 1. The standard InChI is InChI=1S/C21H20FNS/c1-3-6-15(2)13-17-14-21(16-9-11-18(24-22)12-10-16)23-20-8-5-4-7-19(17)20/h4-12,14H,3,13H2,1-2H3. The molecule has 122 valence electrons. The van der Waals surface area contributed by atoms with Gasteiger partial charge in [-0.1, -0.05) is 48.9 Å². The number of rotatable bonds is 5. The van der Waals surface area contributed by atoms with Crippen LogP contribution >= 0.6 is 12.1 Å². The van der Waals surface area contributed by atoms with Crippen molar-refractivity contribution >= 4 is 23.1 Å². The van der Waals surface area contributed by atoms with E-state index in [9.17, 15) is 3.89 Å². The van der Waals surface area contributed by atoms with Crippen molar-refractivity contribution < 1.29 is 3.89 Å². The number of allylic oxidation sites excluding steroid dienone is 2. The molecule has 2 aromatic carbocycles. The van der Waals surface area contributed by atoms with Crippen molar-refractivity contribution in [2.45, 2.75) is 31.6 Å². The zero-order valence-corrected chi connectivity index (χ0v) is 14.7. The molecule has 0 aliphatic carbocycles. The lowest BCUT2D eigenvalue weighted by Gasteiger charge is -2.11. The Bertz CT molecular complexity index is 869. The summed E-state index contributed by atoms with van der Waals surface area (Å²) in [6.07, 6.45) is 4.23. The van der Waals surface area contributed by atoms with Crippen LogP contribution in [0.3, 0.4) is 0 Å². The summed E-state index contributed by atoms with van der Waals surface area (Å²) in [6, 6.07) is 17.8. The molecule has 0 N–H and O–H groups in total. The van der Waals surface area contributed by atoms with Crippen LogP contribution in [0.1, 0.15) is 25.8 Å². The van der Waals surface area contributed by atoms with Crippen LogP contribution in [-0.4, -0.2) is 4.98 Å². The van der Waals surface area contributed by atoms with Crippen molar-refractivity contribution in [1.29, 1.82) is 0 Å². The average Bonchev–Trinajstić information content (AvgIpc) is 2.62. The molecule has 0 unspecified atom stereocenters. The van der Waals surface area contributed by atoms with Crippen molar-refractivity contribution in [3.8, 4) is 11.3 Å². The van der Waals surface area contributed by atoms with Crippen LogP contribution < -0.4 is 0 Å². The molecular formula is C21H20FNS. The Morgan fingerprint density at radius 3 is 2.58 bits per heavy atom. The number of benzene rings is 2. The number of pyridine rings is 1. The lowest BCUT2D eigenvalue weighted by molar-refractivity contribution is 0.934.